The molecule has 0 atom stereocenters. The number of phenolic OH excluding ortho intramolecular Hbond substituents is 2. The van der Waals surface area contributed by atoms with Crippen LogP contribution in [0.4, 0.5) is 17.2 Å². The number of aromatic hydroxyl groups is 2. The molecule has 0 saturated carbocycles. The van der Waals surface area contributed by atoms with E-state index >= 15 is 0 Å². The minimum Gasteiger partial charge on any atom is -0.504 e. The maximum absolute atomic E-state index is 11.4. The minimum absolute atomic E-state index is 0.00273. The number of phenols is 2. The second kappa shape index (κ2) is 6.57. The highest BCUT2D eigenvalue weighted by atomic mass is 16.6. The normalized spacial score (nSPS) is 10.4. The number of non-ortho nitro benzene ring substituents is 1. The van der Waals surface area contributed by atoms with Crippen LogP contribution >= 0.6 is 0 Å². The number of nitriles is 1. The van der Waals surface area contributed by atoms with Crippen molar-refractivity contribution in [2.75, 3.05) is 5.73 Å². The van der Waals surface area contributed by atoms with Crippen molar-refractivity contribution in [3.05, 3.63) is 62.2 Å². The molecule has 12 heteroatoms. The average Bonchev–Trinajstić information content (AvgIpc) is 2.99. The van der Waals surface area contributed by atoms with Crippen molar-refractivity contribution >= 4 is 17.2 Å². The Morgan fingerprint density at radius 1 is 1.07 bits per heavy atom. The van der Waals surface area contributed by atoms with Gasteiger partial charge in [0.1, 0.15) is 28.8 Å². The molecule has 3 aromatic rings. The second-order valence-electron chi connectivity index (χ2n) is 5.52. The molecule has 0 aliphatic heterocycles. The van der Waals surface area contributed by atoms with E-state index in [2.05, 4.69) is 5.10 Å². The summed E-state index contributed by atoms with van der Waals surface area (Å²) in [5.41, 5.74) is 4.72. The molecule has 28 heavy (non-hydrogen) atoms. The standard InChI is InChI=1S/C16H10N6O6/c17-7-10-15(8-1-4-13(23)14(24)5-8)19-20(16(10)18)11-3-2-9(21(25)26)6-12(11)22(27)28/h1-6,23-24H,18H2. The fourth-order valence-corrected chi connectivity index (χ4v) is 2.55. The fourth-order valence-electron chi connectivity index (χ4n) is 2.55. The summed E-state index contributed by atoms with van der Waals surface area (Å²) >= 11 is 0. The number of aromatic nitrogens is 2. The first-order valence-corrected chi connectivity index (χ1v) is 7.48. The van der Waals surface area contributed by atoms with Gasteiger partial charge in [-0.05, 0) is 24.3 Å². The van der Waals surface area contributed by atoms with E-state index in [1.165, 1.54) is 12.1 Å². The number of nitrogen functional groups attached to an aromatic ring is 1. The summed E-state index contributed by atoms with van der Waals surface area (Å²) in [4.78, 5) is 20.6. The Hall–Kier alpha value is -4.66. The number of nitrogens with zero attached hydrogens (tertiary/aromatic N) is 5. The number of nitro groups is 2. The van der Waals surface area contributed by atoms with E-state index in [-0.39, 0.29) is 34.1 Å². The lowest BCUT2D eigenvalue weighted by Gasteiger charge is -2.05. The zero-order chi connectivity index (χ0) is 20.6. The molecule has 0 aliphatic rings. The van der Waals surface area contributed by atoms with E-state index in [1.807, 2.05) is 6.07 Å². The van der Waals surface area contributed by atoms with Crippen LogP contribution in [0.2, 0.25) is 0 Å². The molecule has 4 N–H and O–H groups in total. The quantitative estimate of drug-likeness (QED) is 0.344. The van der Waals surface area contributed by atoms with Gasteiger partial charge in [-0.15, -0.1) is 0 Å². The first kappa shape index (κ1) is 18.1. The molecule has 12 nitrogen and oxygen atoms in total. The Bertz CT molecular complexity index is 1180. The van der Waals surface area contributed by atoms with Crippen LogP contribution < -0.4 is 5.73 Å². The van der Waals surface area contributed by atoms with Crippen molar-refractivity contribution in [1.29, 1.82) is 5.26 Å². The first-order valence-electron chi connectivity index (χ1n) is 7.48. The molecular weight excluding hydrogens is 372 g/mol. The van der Waals surface area contributed by atoms with E-state index in [9.17, 15) is 35.7 Å². The van der Waals surface area contributed by atoms with Crippen LogP contribution in [0.5, 0.6) is 11.5 Å². The van der Waals surface area contributed by atoms with Gasteiger partial charge in [-0.3, -0.25) is 20.2 Å². The third-order valence-corrected chi connectivity index (χ3v) is 3.88. The Kier molecular flexibility index (Phi) is 4.26. The number of hydrogen-bond donors (Lipinski definition) is 3. The van der Waals surface area contributed by atoms with Crippen molar-refractivity contribution in [2.24, 2.45) is 0 Å². The zero-order valence-electron chi connectivity index (χ0n) is 13.8. The molecule has 2 aromatic carbocycles. The maximum atomic E-state index is 11.4. The molecule has 1 heterocycles. The summed E-state index contributed by atoms with van der Waals surface area (Å²) in [6.45, 7) is 0. The predicted octanol–water partition coefficient (Wildman–Crippen LogP) is 2.22. The summed E-state index contributed by atoms with van der Waals surface area (Å²) in [6, 6.07) is 8.42. The lowest BCUT2D eigenvalue weighted by atomic mass is 10.1. The molecule has 3 rings (SSSR count). The van der Waals surface area contributed by atoms with Gasteiger partial charge in [0.05, 0.1) is 15.9 Å². The van der Waals surface area contributed by atoms with Gasteiger partial charge in [-0.25, -0.2) is 4.68 Å². The van der Waals surface area contributed by atoms with E-state index < -0.39 is 27.0 Å². The molecule has 0 radical (unpaired) electrons. The molecule has 0 bridgehead atoms. The molecular formula is C16H10N6O6. The van der Waals surface area contributed by atoms with E-state index in [4.69, 9.17) is 5.73 Å². The number of nitrogens with two attached hydrogens (primary N) is 1. The zero-order valence-corrected chi connectivity index (χ0v) is 13.8. The van der Waals surface area contributed by atoms with Gasteiger partial charge in [0.15, 0.2) is 11.5 Å². The number of hydrogen-bond acceptors (Lipinski definition) is 9. The van der Waals surface area contributed by atoms with Crippen LogP contribution in [0, 0.1) is 31.6 Å². The van der Waals surface area contributed by atoms with Gasteiger partial charge in [-0.2, -0.15) is 10.4 Å². The Morgan fingerprint density at radius 2 is 1.79 bits per heavy atom. The Labute approximate surface area is 155 Å². The van der Waals surface area contributed by atoms with Crippen LogP contribution in [-0.2, 0) is 0 Å². The van der Waals surface area contributed by atoms with Crippen molar-refractivity contribution < 1.29 is 20.1 Å². The second-order valence-corrected chi connectivity index (χ2v) is 5.52. The minimum atomic E-state index is -0.832. The number of rotatable bonds is 4. The third kappa shape index (κ3) is 2.88. The third-order valence-electron chi connectivity index (χ3n) is 3.88. The number of nitro benzene ring substituents is 2. The number of anilines is 1. The fraction of sp³-hybridized carbons (Fsp3) is 0. The van der Waals surface area contributed by atoms with Crippen molar-refractivity contribution in [3.8, 4) is 34.5 Å². The van der Waals surface area contributed by atoms with Gasteiger partial charge >= 0.3 is 5.69 Å². The van der Waals surface area contributed by atoms with E-state index in [1.54, 1.807) is 0 Å². The monoisotopic (exact) mass is 382 g/mol. The van der Waals surface area contributed by atoms with E-state index in [0.717, 1.165) is 28.9 Å². The molecule has 0 fully saturated rings. The Morgan fingerprint density at radius 3 is 2.36 bits per heavy atom. The van der Waals surface area contributed by atoms with Crippen LogP contribution in [0.25, 0.3) is 16.9 Å². The maximum Gasteiger partial charge on any atom is 0.301 e. The largest absolute Gasteiger partial charge is 0.504 e. The lowest BCUT2D eigenvalue weighted by molar-refractivity contribution is -0.394. The van der Waals surface area contributed by atoms with Crippen molar-refractivity contribution in [1.82, 2.24) is 9.78 Å². The molecule has 0 unspecified atom stereocenters. The van der Waals surface area contributed by atoms with Crippen LogP contribution in [-0.4, -0.2) is 29.8 Å². The van der Waals surface area contributed by atoms with E-state index in [0.29, 0.717) is 0 Å². The topological polar surface area (TPSA) is 194 Å². The summed E-state index contributed by atoms with van der Waals surface area (Å²) < 4.78 is 0.916. The van der Waals surface area contributed by atoms with Gasteiger partial charge in [0, 0.05) is 11.6 Å². The van der Waals surface area contributed by atoms with Gasteiger partial charge in [0.2, 0.25) is 0 Å². The summed E-state index contributed by atoms with van der Waals surface area (Å²) in [7, 11) is 0. The molecule has 140 valence electrons. The van der Waals surface area contributed by atoms with Crippen LogP contribution in [0.15, 0.2) is 36.4 Å². The Balaban J connectivity index is 2.26. The summed E-state index contributed by atoms with van der Waals surface area (Å²) in [5, 5.41) is 54.9. The van der Waals surface area contributed by atoms with Crippen molar-refractivity contribution in [2.45, 2.75) is 0 Å². The highest BCUT2D eigenvalue weighted by molar-refractivity contribution is 5.76. The molecule has 0 saturated heterocycles. The molecule has 0 aliphatic carbocycles. The lowest BCUT2D eigenvalue weighted by Crippen LogP contribution is -2.06. The molecule has 0 amide bonds. The van der Waals surface area contributed by atoms with Gasteiger partial charge < -0.3 is 15.9 Å². The summed E-state index contributed by atoms with van der Waals surface area (Å²) in [6.07, 6.45) is 0. The summed E-state index contributed by atoms with van der Waals surface area (Å²) in [5.74, 6) is -1.08. The number of benzene rings is 2. The van der Waals surface area contributed by atoms with Crippen LogP contribution in [0.1, 0.15) is 5.56 Å². The molecule has 0 spiro atoms. The van der Waals surface area contributed by atoms with Crippen molar-refractivity contribution in [3.63, 3.8) is 0 Å². The smallest absolute Gasteiger partial charge is 0.301 e. The first-order chi connectivity index (χ1) is 13.2. The SMILES string of the molecule is N#Cc1c(-c2ccc(O)c(O)c2)nn(-c2ccc([N+](=O)[O-])cc2[N+](=O)[O-])c1N. The van der Waals surface area contributed by atoms with Crippen LogP contribution in [0.3, 0.4) is 0 Å². The molecule has 1 aromatic heterocycles. The van der Waals surface area contributed by atoms with Gasteiger partial charge in [-0.1, -0.05) is 0 Å². The van der Waals surface area contributed by atoms with Gasteiger partial charge in [0.25, 0.3) is 5.69 Å². The highest BCUT2D eigenvalue weighted by Crippen LogP contribution is 2.36. The average molecular weight is 382 g/mol. The predicted molar refractivity (Wildman–Crippen MR) is 94.8 cm³/mol. The highest BCUT2D eigenvalue weighted by Gasteiger charge is 2.26.